The molecule has 3 nitrogen and oxygen atoms in total. The summed E-state index contributed by atoms with van der Waals surface area (Å²) in [6.07, 6.45) is 8.92. The zero-order valence-corrected chi connectivity index (χ0v) is 11.0. The second kappa shape index (κ2) is 3.83. The van der Waals surface area contributed by atoms with E-state index < -0.39 is 0 Å². The van der Waals surface area contributed by atoms with E-state index in [2.05, 4.69) is 4.98 Å². The lowest BCUT2D eigenvalue weighted by atomic mass is 9.50. The average Bonchev–Trinajstić information content (AvgIpc) is 2.74. The van der Waals surface area contributed by atoms with Crippen molar-refractivity contribution < 1.29 is 4.42 Å². The molecule has 4 fully saturated rings. The maximum Gasteiger partial charge on any atom is 0.211 e. The van der Waals surface area contributed by atoms with Crippen LogP contribution >= 0.6 is 0 Å². The molecule has 4 aliphatic rings. The van der Waals surface area contributed by atoms with Crippen molar-refractivity contribution in [2.75, 3.05) is 0 Å². The van der Waals surface area contributed by atoms with Crippen molar-refractivity contribution in [1.82, 2.24) is 4.98 Å². The van der Waals surface area contributed by atoms with Gasteiger partial charge in [-0.25, -0.2) is 4.98 Å². The van der Waals surface area contributed by atoms with Crippen LogP contribution in [0.4, 0.5) is 0 Å². The van der Waals surface area contributed by atoms with Crippen LogP contribution in [0.25, 0.3) is 0 Å². The third-order valence-corrected chi connectivity index (χ3v) is 5.64. The summed E-state index contributed by atoms with van der Waals surface area (Å²) in [6, 6.07) is 0.0219. The zero-order chi connectivity index (χ0) is 12.3. The zero-order valence-electron chi connectivity index (χ0n) is 11.0. The summed E-state index contributed by atoms with van der Waals surface area (Å²) in [5.74, 6) is 5.95. The highest BCUT2D eigenvalue weighted by molar-refractivity contribution is 5.06. The number of aryl methyl sites for hydroxylation is 1. The van der Waals surface area contributed by atoms with E-state index in [0.29, 0.717) is 5.92 Å². The number of hydrogen-bond donors (Lipinski definition) is 1. The fourth-order valence-corrected chi connectivity index (χ4v) is 5.24. The van der Waals surface area contributed by atoms with Gasteiger partial charge in [-0.05, 0) is 68.6 Å². The van der Waals surface area contributed by atoms with Crippen LogP contribution in [-0.2, 0) is 0 Å². The molecule has 1 heterocycles. The molecule has 2 N–H and O–H groups in total. The minimum Gasteiger partial charge on any atom is -0.444 e. The second-order valence-corrected chi connectivity index (χ2v) is 6.84. The molecule has 0 spiro atoms. The van der Waals surface area contributed by atoms with Gasteiger partial charge in [-0.15, -0.1) is 0 Å². The Balaban J connectivity index is 1.61. The van der Waals surface area contributed by atoms with Crippen LogP contribution in [0.15, 0.2) is 10.6 Å². The van der Waals surface area contributed by atoms with Crippen molar-refractivity contribution in [2.45, 2.75) is 45.1 Å². The minimum atomic E-state index is 0.0219. The van der Waals surface area contributed by atoms with E-state index in [0.717, 1.165) is 35.3 Å². The van der Waals surface area contributed by atoms with Crippen molar-refractivity contribution in [2.24, 2.45) is 35.3 Å². The van der Waals surface area contributed by atoms with Gasteiger partial charge in [0.15, 0.2) is 0 Å². The SMILES string of the molecule is Cc1cnc(C(N)C2C3CC4CC(C3)CC2C4)o1. The first-order valence-corrected chi connectivity index (χ1v) is 7.38. The molecule has 18 heavy (non-hydrogen) atoms. The summed E-state index contributed by atoms with van der Waals surface area (Å²) in [6.45, 7) is 1.94. The molecular formula is C15H22N2O. The van der Waals surface area contributed by atoms with Crippen molar-refractivity contribution in [3.8, 4) is 0 Å². The Morgan fingerprint density at radius 3 is 2.28 bits per heavy atom. The smallest absolute Gasteiger partial charge is 0.211 e. The molecule has 4 bridgehead atoms. The van der Waals surface area contributed by atoms with Gasteiger partial charge in [0.1, 0.15) is 5.76 Å². The predicted octanol–water partition coefficient (Wildman–Crippen LogP) is 3.06. The number of nitrogens with zero attached hydrogens (tertiary/aromatic N) is 1. The number of nitrogens with two attached hydrogens (primary N) is 1. The van der Waals surface area contributed by atoms with Crippen molar-refractivity contribution in [3.05, 3.63) is 17.8 Å². The van der Waals surface area contributed by atoms with Crippen LogP contribution in [0.2, 0.25) is 0 Å². The highest BCUT2D eigenvalue weighted by atomic mass is 16.4. The van der Waals surface area contributed by atoms with E-state index in [9.17, 15) is 0 Å². The fourth-order valence-electron chi connectivity index (χ4n) is 5.24. The Morgan fingerprint density at radius 2 is 1.78 bits per heavy atom. The Morgan fingerprint density at radius 1 is 1.17 bits per heavy atom. The number of hydrogen-bond acceptors (Lipinski definition) is 3. The number of oxazole rings is 1. The molecule has 5 rings (SSSR count). The van der Waals surface area contributed by atoms with E-state index >= 15 is 0 Å². The second-order valence-electron chi connectivity index (χ2n) is 6.84. The number of rotatable bonds is 2. The van der Waals surface area contributed by atoms with Gasteiger partial charge in [0.25, 0.3) is 0 Å². The van der Waals surface area contributed by atoms with E-state index in [1.165, 1.54) is 32.1 Å². The molecule has 0 aromatic carbocycles. The summed E-state index contributed by atoms with van der Waals surface area (Å²) in [5.41, 5.74) is 6.48. The molecule has 98 valence electrons. The van der Waals surface area contributed by atoms with Crippen LogP contribution in [0.3, 0.4) is 0 Å². The highest BCUT2D eigenvalue weighted by Crippen LogP contribution is 2.58. The van der Waals surface area contributed by atoms with Gasteiger partial charge < -0.3 is 10.2 Å². The van der Waals surface area contributed by atoms with Gasteiger partial charge in [-0.2, -0.15) is 0 Å². The molecule has 1 aromatic rings. The Bertz CT molecular complexity index is 425. The molecule has 0 saturated heterocycles. The molecule has 3 heteroatoms. The van der Waals surface area contributed by atoms with Crippen molar-refractivity contribution >= 4 is 0 Å². The third kappa shape index (κ3) is 1.56. The maximum absolute atomic E-state index is 6.48. The minimum absolute atomic E-state index is 0.0219. The average molecular weight is 246 g/mol. The first kappa shape index (κ1) is 11.0. The summed E-state index contributed by atoms with van der Waals surface area (Å²) < 4.78 is 5.67. The van der Waals surface area contributed by atoms with Gasteiger partial charge >= 0.3 is 0 Å². The molecule has 1 atom stereocenters. The van der Waals surface area contributed by atoms with Crippen LogP contribution in [0, 0.1) is 36.5 Å². The summed E-state index contributed by atoms with van der Waals surface area (Å²) >= 11 is 0. The van der Waals surface area contributed by atoms with Gasteiger partial charge in [0, 0.05) is 0 Å². The molecule has 1 unspecified atom stereocenters. The van der Waals surface area contributed by atoms with Crippen LogP contribution in [0.5, 0.6) is 0 Å². The Kier molecular flexibility index (Phi) is 2.35. The summed E-state index contributed by atoms with van der Waals surface area (Å²) in [4.78, 5) is 4.36. The lowest BCUT2D eigenvalue weighted by Crippen LogP contribution is -2.48. The van der Waals surface area contributed by atoms with Gasteiger partial charge in [0.2, 0.25) is 5.89 Å². The van der Waals surface area contributed by atoms with Gasteiger partial charge in [-0.1, -0.05) is 0 Å². The molecular weight excluding hydrogens is 224 g/mol. The molecule has 4 aliphatic carbocycles. The molecule has 0 amide bonds. The normalized spacial score (nSPS) is 43.3. The molecule has 1 aromatic heterocycles. The van der Waals surface area contributed by atoms with Crippen molar-refractivity contribution in [3.63, 3.8) is 0 Å². The van der Waals surface area contributed by atoms with Gasteiger partial charge in [0.05, 0.1) is 12.2 Å². The van der Waals surface area contributed by atoms with Crippen LogP contribution < -0.4 is 5.73 Å². The van der Waals surface area contributed by atoms with E-state index in [4.69, 9.17) is 10.2 Å². The quantitative estimate of drug-likeness (QED) is 0.872. The number of aromatic nitrogens is 1. The fraction of sp³-hybridized carbons (Fsp3) is 0.800. The summed E-state index contributed by atoms with van der Waals surface area (Å²) in [7, 11) is 0. The van der Waals surface area contributed by atoms with Crippen LogP contribution in [-0.4, -0.2) is 4.98 Å². The summed E-state index contributed by atoms with van der Waals surface area (Å²) in [5, 5.41) is 0. The largest absolute Gasteiger partial charge is 0.444 e. The molecule has 4 saturated carbocycles. The Hall–Kier alpha value is -0.830. The highest BCUT2D eigenvalue weighted by Gasteiger charge is 2.50. The third-order valence-electron chi connectivity index (χ3n) is 5.64. The van der Waals surface area contributed by atoms with E-state index in [1.54, 1.807) is 6.20 Å². The predicted molar refractivity (Wildman–Crippen MR) is 68.7 cm³/mol. The Labute approximate surface area is 108 Å². The molecule has 0 radical (unpaired) electrons. The van der Waals surface area contributed by atoms with E-state index in [1.807, 2.05) is 6.92 Å². The first-order valence-electron chi connectivity index (χ1n) is 7.38. The lowest BCUT2D eigenvalue weighted by Gasteiger charge is -2.55. The first-order chi connectivity index (χ1) is 8.70. The molecule has 0 aliphatic heterocycles. The maximum atomic E-state index is 6.48. The standard InChI is InChI=1S/C15H22N2O/c1-8-7-17-15(18-8)14(16)13-11-3-9-2-10(5-11)6-12(13)4-9/h7,9-14H,2-6,16H2,1H3. The lowest BCUT2D eigenvalue weighted by molar-refractivity contribution is -0.0503. The van der Waals surface area contributed by atoms with Crippen molar-refractivity contribution in [1.29, 1.82) is 0 Å². The monoisotopic (exact) mass is 246 g/mol. The topological polar surface area (TPSA) is 52.0 Å². The van der Waals surface area contributed by atoms with Gasteiger partial charge in [-0.3, -0.25) is 0 Å². The van der Waals surface area contributed by atoms with E-state index in [-0.39, 0.29) is 6.04 Å². The van der Waals surface area contributed by atoms with Crippen LogP contribution in [0.1, 0.15) is 49.8 Å².